The zero-order valence-electron chi connectivity index (χ0n) is 12.4. The van der Waals surface area contributed by atoms with Crippen molar-refractivity contribution in [3.8, 4) is 0 Å². The van der Waals surface area contributed by atoms with Crippen LogP contribution in [0.5, 0.6) is 0 Å². The van der Waals surface area contributed by atoms with Crippen LogP contribution in [0, 0.1) is 0 Å². The Balaban J connectivity index is 2.35. The first-order valence-electron chi connectivity index (χ1n) is 7.24. The Hall–Kier alpha value is -0.640. The molecule has 0 aromatic carbocycles. The lowest BCUT2D eigenvalue weighted by Crippen LogP contribution is -2.29. The van der Waals surface area contributed by atoms with Crippen molar-refractivity contribution in [3.05, 3.63) is 29.0 Å². The van der Waals surface area contributed by atoms with Gasteiger partial charge >= 0.3 is 0 Å². The van der Waals surface area contributed by atoms with Crippen molar-refractivity contribution in [2.24, 2.45) is 0 Å². The molecule has 4 heteroatoms. The fourth-order valence-electron chi connectivity index (χ4n) is 2.16. The summed E-state index contributed by atoms with van der Waals surface area (Å²) >= 11 is 5.80. The van der Waals surface area contributed by atoms with Gasteiger partial charge in [0.1, 0.15) is 5.15 Å². The average Bonchev–Trinajstić information content (AvgIpc) is 2.44. The highest BCUT2D eigenvalue weighted by Gasteiger charge is 2.05. The highest BCUT2D eigenvalue weighted by molar-refractivity contribution is 6.29. The minimum absolute atomic E-state index is 0.563. The zero-order chi connectivity index (χ0) is 14.1. The van der Waals surface area contributed by atoms with E-state index in [4.69, 9.17) is 11.6 Å². The van der Waals surface area contributed by atoms with E-state index in [0.29, 0.717) is 5.15 Å². The third-order valence-electron chi connectivity index (χ3n) is 3.49. The van der Waals surface area contributed by atoms with Gasteiger partial charge in [-0.25, -0.2) is 4.98 Å². The van der Waals surface area contributed by atoms with Crippen molar-refractivity contribution in [2.45, 2.75) is 33.7 Å². The quantitative estimate of drug-likeness (QED) is 0.648. The summed E-state index contributed by atoms with van der Waals surface area (Å²) in [6.45, 7) is 13.3. The first-order valence-corrected chi connectivity index (χ1v) is 7.62. The van der Waals surface area contributed by atoms with Gasteiger partial charge in [0.15, 0.2) is 0 Å². The Kier molecular flexibility index (Phi) is 8.03. The Morgan fingerprint density at radius 1 is 1.00 bits per heavy atom. The predicted molar refractivity (Wildman–Crippen MR) is 82.6 cm³/mol. The molecule has 0 aliphatic rings. The molecule has 1 aromatic heterocycles. The molecule has 108 valence electrons. The number of aromatic nitrogens is 1. The van der Waals surface area contributed by atoms with Gasteiger partial charge in [-0.3, -0.25) is 4.90 Å². The monoisotopic (exact) mass is 283 g/mol. The lowest BCUT2D eigenvalue weighted by Gasteiger charge is -2.23. The Bertz CT molecular complexity index is 336. The molecule has 0 bridgehead atoms. The van der Waals surface area contributed by atoms with Crippen LogP contribution in [0.15, 0.2) is 18.3 Å². The Morgan fingerprint density at radius 2 is 1.63 bits per heavy atom. The highest BCUT2D eigenvalue weighted by atomic mass is 35.5. The van der Waals surface area contributed by atoms with Gasteiger partial charge in [0.05, 0.1) is 0 Å². The van der Waals surface area contributed by atoms with Crippen molar-refractivity contribution < 1.29 is 0 Å². The van der Waals surface area contributed by atoms with E-state index in [2.05, 4.69) is 41.6 Å². The smallest absolute Gasteiger partial charge is 0.129 e. The Morgan fingerprint density at radius 3 is 2.16 bits per heavy atom. The third kappa shape index (κ3) is 6.37. The normalized spacial score (nSPS) is 11.5. The largest absolute Gasteiger partial charge is 0.304 e. The molecule has 19 heavy (non-hydrogen) atoms. The van der Waals surface area contributed by atoms with Crippen molar-refractivity contribution in [1.82, 2.24) is 14.8 Å². The standard InChI is InChI=1S/C15H26ClN3/c1-4-18(5-2)10-7-11-19(6-3)13-14-8-9-15(16)17-12-14/h8-9,12H,4-7,10-11,13H2,1-3H3. The molecule has 0 radical (unpaired) electrons. The molecule has 0 fully saturated rings. The van der Waals surface area contributed by atoms with Gasteiger partial charge in [-0.15, -0.1) is 0 Å². The minimum Gasteiger partial charge on any atom is -0.304 e. The molecule has 0 amide bonds. The van der Waals surface area contributed by atoms with Crippen LogP contribution in [-0.4, -0.2) is 47.5 Å². The second-order valence-corrected chi connectivity index (χ2v) is 5.13. The van der Waals surface area contributed by atoms with Crippen molar-refractivity contribution in [2.75, 3.05) is 32.7 Å². The third-order valence-corrected chi connectivity index (χ3v) is 3.71. The Labute approximate surface area is 122 Å². The number of hydrogen-bond donors (Lipinski definition) is 0. The molecule has 0 aliphatic carbocycles. The van der Waals surface area contributed by atoms with E-state index in [1.807, 2.05) is 12.3 Å². The second kappa shape index (κ2) is 9.29. The van der Waals surface area contributed by atoms with E-state index >= 15 is 0 Å². The number of rotatable bonds is 9. The summed E-state index contributed by atoms with van der Waals surface area (Å²) < 4.78 is 0. The molecule has 1 aromatic rings. The summed E-state index contributed by atoms with van der Waals surface area (Å²) in [7, 11) is 0. The van der Waals surface area contributed by atoms with Crippen LogP contribution in [0.1, 0.15) is 32.8 Å². The van der Waals surface area contributed by atoms with Gasteiger partial charge in [-0.05, 0) is 50.8 Å². The number of pyridine rings is 1. The van der Waals surface area contributed by atoms with Crippen molar-refractivity contribution in [3.63, 3.8) is 0 Å². The molecule has 1 heterocycles. The van der Waals surface area contributed by atoms with Crippen LogP contribution in [0.25, 0.3) is 0 Å². The molecule has 0 saturated heterocycles. The van der Waals surface area contributed by atoms with E-state index in [-0.39, 0.29) is 0 Å². The van der Waals surface area contributed by atoms with Crippen LogP contribution in [-0.2, 0) is 6.54 Å². The van der Waals surface area contributed by atoms with Crippen molar-refractivity contribution in [1.29, 1.82) is 0 Å². The van der Waals surface area contributed by atoms with Gasteiger partial charge in [-0.1, -0.05) is 38.4 Å². The second-order valence-electron chi connectivity index (χ2n) is 4.74. The van der Waals surface area contributed by atoms with Crippen LogP contribution >= 0.6 is 11.6 Å². The van der Waals surface area contributed by atoms with Gasteiger partial charge in [0.2, 0.25) is 0 Å². The summed E-state index contributed by atoms with van der Waals surface area (Å²) in [6.07, 6.45) is 3.09. The van der Waals surface area contributed by atoms with Crippen LogP contribution in [0.4, 0.5) is 0 Å². The summed E-state index contributed by atoms with van der Waals surface area (Å²) in [5.41, 5.74) is 1.23. The van der Waals surface area contributed by atoms with Crippen molar-refractivity contribution >= 4 is 11.6 Å². The molecule has 0 aliphatic heterocycles. The SMILES string of the molecule is CCN(CC)CCCN(CC)Cc1ccc(Cl)nc1. The maximum absolute atomic E-state index is 5.80. The first kappa shape index (κ1) is 16.4. The first-order chi connectivity index (χ1) is 9.19. The topological polar surface area (TPSA) is 19.4 Å². The molecule has 3 nitrogen and oxygen atoms in total. The van der Waals surface area contributed by atoms with Crippen LogP contribution in [0.2, 0.25) is 5.15 Å². The molecule has 1 rings (SSSR count). The lowest BCUT2D eigenvalue weighted by atomic mass is 10.2. The number of nitrogens with zero attached hydrogens (tertiary/aromatic N) is 3. The molecule has 0 spiro atoms. The number of hydrogen-bond acceptors (Lipinski definition) is 3. The number of halogens is 1. The summed E-state index contributed by atoms with van der Waals surface area (Å²) in [5, 5.41) is 0.563. The van der Waals surface area contributed by atoms with Crippen LogP contribution in [0.3, 0.4) is 0 Å². The summed E-state index contributed by atoms with van der Waals surface area (Å²) in [6, 6.07) is 3.92. The van der Waals surface area contributed by atoms with E-state index in [1.165, 1.54) is 18.5 Å². The molecular formula is C15H26ClN3. The van der Waals surface area contributed by atoms with Gasteiger partial charge < -0.3 is 4.90 Å². The zero-order valence-corrected chi connectivity index (χ0v) is 13.2. The molecule has 0 N–H and O–H groups in total. The van der Waals surface area contributed by atoms with Gasteiger partial charge in [-0.2, -0.15) is 0 Å². The molecule has 0 saturated carbocycles. The summed E-state index contributed by atoms with van der Waals surface area (Å²) in [4.78, 5) is 9.05. The van der Waals surface area contributed by atoms with E-state index in [0.717, 1.165) is 32.7 Å². The maximum Gasteiger partial charge on any atom is 0.129 e. The molecule has 0 unspecified atom stereocenters. The van der Waals surface area contributed by atoms with E-state index in [1.54, 1.807) is 0 Å². The molecular weight excluding hydrogens is 258 g/mol. The maximum atomic E-state index is 5.80. The van der Waals surface area contributed by atoms with Gasteiger partial charge in [0.25, 0.3) is 0 Å². The van der Waals surface area contributed by atoms with Crippen LogP contribution < -0.4 is 0 Å². The fourth-order valence-corrected chi connectivity index (χ4v) is 2.28. The predicted octanol–water partition coefficient (Wildman–Crippen LogP) is 3.29. The highest BCUT2D eigenvalue weighted by Crippen LogP contribution is 2.08. The fraction of sp³-hybridized carbons (Fsp3) is 0.667. The van der Waals surface area contributed by atoms with E-state index < -0.39 is 0 Å². The average molecular weight is 284 g/mol. The lowest BCUT2D eigenvalue weighted by molar-refractivity contribution is 0.238. The van der Waals surface area contributed by atoms with Gasteiger partial charge in [0, 0.05) is 12.7 Å². The summed E-state index contributed by atoms with van der Waals surface area (Å²) in [5.74, 6) is 0. The van der Waals surface area contributed by atoms with E-state index in [9.17, 15) is 0 Å². The molecule has 0 atom stereocenters. The minimum atomic E-state index is 0.563.